The minimum absolute atomic E-state index is 0.119. The number of methoxy groups -OCH3 is 1. The Hall–Kier alpha value is -0.170. The number of hydrogen-bond donors (Lipinski definition) is 1. The van der Waals surface area contributed by atoms with E-state index in [2.05, 4.69) is 5.48 Å². The number of sulfone groups is 1. The van der Waals surface area contributed by atoms with E-state index in [1.807, 2.05) is 6.92 Å². The van der Waals surface area contributed by atoms with Gasteiger partial charge in [0.1, 0.15) is 0 Å². The average Bonchev–Trinajstić information content (AvgIpc) is 2.11. The van der Waals surface area contributed by atoms with Crippen molar-refractivity contribution in [2.75, 3.05) is 38.4 Å². The van der Waals surface area contributed by atoms with Crippen LogP contribution in [-0.4, -0.2) is 46.8 Å². The van der Waals surface area contributed by atoms with E-state index >= 15 is 0 Å². The lowest BCUT2D eigenvalue weighted by atomic mass is 10.6. The summed E-state index contributed by atoms with van der Waals surface area (Å²) in [5.74, 6) is 0.362. The standard InChI is InChI=1S/C8H19NO4S/c1-3-7-14(10,11)8-4-9-13-6-5-12-2/h9H,3-8H2,1-2H3. The van der Waals surface area contributed by atoms with Crippen LogP contribution in [0.4, 0.5) is 0 Å². The molecule has 0 fully saturated rings. The predicted molar refractivity (Wildman–Crippen MR) is 54.8 cm³/mol. The second-order valence-corrected chi connectivity index (χ2v) is 5.19. The molecule has 0 unspecified atom stereocenters. The van der Waals surface area contributed by atoms with E-state index in [1.165, 1.54) is 0 Å². The lowest BCUT2D eigenvalue weighted by Gasteiger charge is -2.05. The second kappa shape index (κ2) is 8.16. The first-order valence-electron chi connectivity index (χ1n) is 4.66. The van der Waals surface area contributed by atoms with Crippen LogP contribution in [0.2, 0.25) is 0 Å². The molecule has 14 heavy (non-hydrogen) atoms. The molecule has 0 aliphatic heterocycles. The minimum Gasteiger partial charge on any atom is -0.382 e. The molecule has 86 valence electrons. The number of nitrogens with one attached hydrogen (secondary N) is 1. The van der Waals surface area contributed by atoms with Gasteiger partial charge >= 0.3 is 0 Å². The Bertz CT molecular complexity index is 215. The average molecular weight is 225 g/mol. The third kappa shape index (κ3) is 8.43. The van der Waals surface area contributed by atoms with Crippen LogP contribution >= 0.6 is 0 Å². The number of hydrogen-bond acceptors (Lipinski definition) is 5. The summed E-state index contributed by atoms with van der Waals surface area (Å²) in [6.45, 7) is 3.09. The summed E-state index contributed by atoms with van der Waals surface area (Å²) in [6.07, 6.45) is 0.660. The van der Waals surface area contributed by atoms with Crippen LogP contribution in [0.3, 0.4) is 0 Å². The Labute approximate surface area is 85.7 Å². The third-order valence-electron chi connectivity index (χ3n) is 1.52. The van der Waals surface area contributed by atoms with E-state index in [1.54, 1.807) is 7.11 Å². The molecule has 0 aliphatic carbocycles. The fraction of sp³-hybridized carbons (Fsp3) is 1.00. The minimum atomic E-state index is -2.90. The van der Waals surface area contributed by atoms with Crippen LogP contribution in [0, 0.1) is 0 Å². The van der Waals surface area contributed by atoms with Gasteiger partial charge in [0.25, 0.3) is 0 Å². The van der Waals surface area contributed by atoms with Crippen molar-refractivity contribution >= 4 is 9.84 Å². The highest BCUT2D eigenvalue weighted by molar-refractivity contribution is 7.91. The molecule has 5 nitrogen and oxygen atoms in total. The van der Waals surface area contributed by atoms with Gasteiger partial charge in [-0.2, -0.15) is 0 Å². The van der Waals surface area contributed by atoms with Crippen molar-refractivity contribution in [1.29, 1.82) is 0 Å². The van der Waals surface area contributed by atoms with Gasteiger partial charge in [-0.05, 0) is 6.42 Å². The Kier molecular flexibility index (Phi) is 8.07. The lowest BCUT2D eigenvalue weighted by Crippen LogP contribution is -2.25. The maximum atomic E-state index is 11.2. The van der Waals surface area contributed by atoms with Crippen molar-refractivity contribution in [1.82, 2.24) is 5.48 Å². The van der Waals surface area contributed by atoms with E-state index in [9.17, 15) is 8.42 Å². The van der Waals surface area contributed by atoms with E-state index in [-0.39, 0.29) is 11.5 Å². The van der Waals surface area contributed by atoms with Gasteiger partial charge in [0.15, 0.2) is 9.84 Å². The van der Waals surface area contributed by atoms with Gasteiger partial charge in [-0.25, -0.2) is 13.9 Å². The fourth-order valence-electron chi connectivity index (χ4n) is 0.880. The number of hydroxylamine groups is 1. The summed E-state index contributed by atoms with van der Waals surface area (Å²) in [5.41, 5.74) is 2.58. The number of ether oxygens (including phenoxy) is 1. The molecule has 0 radical (unpaired) electrons. The normalized spacial score (nSPS) is 11.9. The molecule has 0 heterocycles. The van der Waals surface area contributed by atoms with Crippen molar-refractivity contribution in [3.05, 3.63) is 0 Å². The Balaban J connectivity index is 3.35. The molecule has 0 saturated carbocycles. The first kappa shape index (κ1) is 13.8. The molecule has 0 aromatic rings. The van der Waals surface area contributed by atoms with Gasteiger partial charge in [0.05, 0.1) is 19.0 Å². The van der Waals surface area contributed by atoms with Gasteiger partial charge in [0, 0.05) is 19.4 Å². The largest absolute Gasteiger partial charge is 0.382 e. The summed E-state index contributed by atoms with van der Waals surface area (Å²) in [7, 11) is -1.32. The van der Waals surface area contributed by atoms with Gasteiger partial charge in [-0.3, -0.25) is 4.84 Å². The maximum Gasteiger partial charge on any atom is 0.151 e. The highest BCUT2D eigenvalue weighted by Gasteiger charge is 2.07. The zero-order valence-corrected chi connectivity index (χ0v) is 9.60. The van der Waals surface area contributed by atoms with Crippen molar-refractivity contribution < 1.29 is 18.0 Å². The van der Waals surface area contributed by atoms with Crippen molar-refractivity contribution in [3.63, 3.8) is 0 Å². The molecular formula is C8H19NO4S. The van der Waals surface area contributed by atoms with Crippen molar-refractivity contribution in [2.24, 2.45) is 0 Å². The molecule has 0 bridgehead atoms. The molecule has 0 atom stereocenters. The quantitative estimate of drug-likeness (QED) is 0.441. The predicted octanol–water partition coefficient (Wildman–Crippen LogP) is -0.0212. The van der Waals surface area contributed by atoms with E-state index < -0.39 is 9.84 Å². The Morgan fingerprint density at radius 1 is 1.21 bits per heavy atom. The molecule has 6 heteroatoms. The van der Waals surface area contributed by atoms with Crippen molar-refractivity contribution in [2.45, 2.75) is 13.3 Å². The second-order valence-electron chi connectivity index (χ2n) is 2.89. The molecule has 0 spiro atoms. The number of rotatable bonds is 9. The first-order chi connectivity index (χ1) is 6.62. The van der Waals surface area contributed by atoms with Crippen LogP contribution < -0.4 is 5.48 Å². The van der Waals surface area contributed by atoms with Crippen LogP contribution in [0.1, 0.15) is 13.3 Å². The van der Waals surface area contributed by atoms with E-state index in [4.69, 9.17) is 9.57 Å². The summed E-state index contributed by atoms with van der Waals surface area (Å²) in [5, 5.41) is 0. The smallest absolute Gasteiger partial charge is 0.151 e. The molecule has 0 aromatic heterocycles. The fourth-order valence-corrected chi connectivity index (χ4v) is 2.10. The maximum absolute atomic E-state index is 11.2. The van der Waals surface area contributed by atoms with Crippen LogP contribution in [0.5, 0.6) is 0 Å². The van der Waals surface area contributed by atoms with Crippen LogP contribution in [-0.2, 0) is 19.4 Å². The molecule has 0 saturated heterocycles. The third-order valence-corrected chi connectivity index (χ3v) is 3.38. The summed E-state index contributed by atoms with van der Waals surface area (Å²) < 4.78 is 27.1. The van der Waals surface area contributed by atoms with Crippen LogP contribution in [0.15, 0.2) is 0 Å². The van der Waals surface area contributed by atoms with Crippen LogP contribution in [0.25, 0.3) is 0 Å². The van der Waals surface area contributed by atoms with Gasteiger partial charge in [-0.1, -0.05) is 6.92 Å². The highest BCUT2D eigenvalue weighted by atomic mass is 32.2. The molecule has 0 aliphatic rings. The van der Waals surface area contributed by atoms with E-state index in [0.717, 1.165) is 0 Å². The Morgan fingerprint density at radius 3 is 2.50 bits per heavy atom. The van der Waals surface area contributed by atoms with Gasteiger partial charge in [-0.15, -0.1) is 0 Å². The summed E-state index contributed by atoms with van der Waals surface area (Å²) >= 11 is 0. The first-order valence-corrected chi connectivity index (χ1v) is 6.48. The van der Waals surface area contributed by atoms with Gasteiger partial charge in [0.2, 0.25) is 0 Å². The lowest BCUT2D eigenvalue weighted by molar-refractivity contribution is 0.00978. The molecule has 1 N–H and O–H groups in total. The SMILES string of the molecule is CCCS(=O)(=O)CCNOCCOC. The van der Waals surface area contributed by atoms with E-state index in [0.29, 0.717) is 26.2 Å². The molecule has 0 aromatic carbocycles. The molecular weight excluding hydrogens is 206 g/mol. The topological polar surface area (TPSA) is 64.6 Å². The highest BCUT2D eigenvalue weighted by Crippen LogP contribution is 1.91. The summed E-state index contributed by atoms with van der Waals surface area (Å²) in [4.78, 5) is 4.91. The Morgan fingerprint density at radius 2 is 1.93 bits per heavy atom. The summed E-state index contributed by atoms with van der Waals surface area (Å²) in [6, 6.07) is 0. The van der Waals surface area contributed by atoms with Crippen molar-refractivity contribution in [3.8, 4) is 0 Å². The zero-order valence-electron chi connectivity index (χ0n) is 8.78. The van der Waals surface area contributed by atoms with Gasteiger partial charge < -0.3 is 4.74 Å². The molecule has 0 amide bonds. The monoisotopic (exact) mass is 225 g/mol. The molecule has 0 rings (SSSR count). The zero-order chi connectivity index (χ0) is 10.9.